The van der Waals surface area contributed by atoms with Gasteiger partial charge in [0.05, 0.1) is 16.1 Å². The molecule has 2 rings (SSSR count). The van der Waals surface area contributed by atoms with E-state index in [0.29, 0.717) is 11.3 Å². The Hall–Kier alpha value is -3.04. The second kappa shape index (κ2) is 9.44. The Morgan fingerprint density at radius 2 is 1.76 bits per heavy atom. The van der Waals surface area contributed by atoms with Gasteiger partial charge < -0.3 is 10.1 Å². The second-order valence-corrected chi connectivity index (χ2v) is 7.93. The summed E-state index contributed by atoms with van der Waals surface area (Å²) in [5.74, 6) is -1.69. The van der Waals surface area contributed by atoms with Crippen LogP contribution in [0.4, 0.5) is 5.69 Å². The lowest BCUT2D eigenvalue weighted by Crippen LogP contribution is -2.30. The number of carbonyl (C=O) groups excluding carboxylic acids is 3. The van der Waals surface area contributed by atoms with Crippen molar-refractivity contribution in [2.75, 3.05) is 11.9 Å². The summed E-state index contributed by atoms with van der Waals surface area (Å²) in [6.45, 7) is 4.60. The van der Waals surface area contributed by atoms with Crippen LogP contribution in [-0.2, 0) is 19.6 Å². The lowest BCUT2D eigenvalue weighted by atomic mass is 10.1. The molecule has 2 aromatic carbocycles. The van der Waals surface area contributed by atoms with Crippen molar-refractivity contribution in [3.63, 3.8) is 0 Å². The number of anilines is 1. The first-order valence-corrected chi connectivity index (χ1v) is 10.4. The summed E-state index contributed by atoms with van der Waals surface area (Å²) in [6.07, 6.45) is -1.17. The number of hydrogen-bond donors (Lipinski definition) is 2. The summed E-state index contributed by atoms with van der Waals surface area (Å²) < 4.78 is 31.6. The van der Waals surface area contributed by atoms with E-state index in [9.17, 15) is 22.8 Å². The van der Waals surface area contributed by atoms with E-state index in [1.807, 2.05) is 0 Å². The van der Waals surface area contributed by atoms with E-state index in [1.54, 1.807) is 31.2 Å². The molecule has 154 valence electrons. The highest BCUT2D eigenvalue weighted by molar-refractivity contribution is 7.89. The number of sulfonamides is 1. The van der Waals surface area contributed by atoms with E-state index in [1.165, 1.54) is 38.1 Å². The third-order valence-corrected chi connectivity index (χ3v) is 5.47. The van der Waals surface area contributed by atoms with Crippen molar-refractivity contribution in [3.8, 4) is 0 Å². The number of esters is 1. The van der Waals surface area contributed by atoms with E-state index in [-0.39, 0.29) is 22.8 Å². The van der Waals surface area contributed by atoms with Crippen molar-refractivity contribution >= 4 is 33.4 Å². The Morgan fingerprint density at radius 1 is 1.07 bits per heavy atom. The third-order valence-electron chi connectivity index (χ3n) is 3.93. The normalized spacial score (nSPS) is 12.1. The zero-order chi connectivity index (χ0) is 21.6. The largest absolute Gasteiger partial charge is 0.449 e. The van der Waals surface area contributed by atoms with E-state index in [4.69, 9.17) is 4.74 Å². The molecular formula is C20H22N2O6S. The highest BCUT2D eigenvalue weighted by Crippen LogP contribution is 2.17. The summed E-state index contributed by atoms with van der Waals surface area (Å²) in [6, 6.07) is 11.8. The fraction of sp³-hybridized carbons (Fsp3) is 0.250. The second-order valence-electron chi connectivity index (χ2n) is 6.17. The number of amides is 1. The van der Waals surface area contributed by atoms with Gasteiger partial charge in [0.1, 0.15) is 0 Å². The van der Waals surface area contributed by atoms with Gasteiger partial charge in [0, 0.05) is 12.1 Å². The molecule has 0 aliphatic carbocycles. The molecule has 8 nitrogen and oxygen atoms in total. The number of nitrogens with one attached hydrogen (secondary N) is 2. The molecule has 1 unspecified atom stereocenters. The number of Topliss-reactive ketones (excluding diaryl/α,β-unsaturated/α-hetero) is 1. The topological polar surface area (TPSA) is 119 Å². The van der Waals surface area contributed by atoms with Gasteiger partial charge in [-0.1, -0.05) is 25.1 Å². The number of para-hydroxylation sites is 1. The van der Waals surface area contributed by atoms with Gasteiger partial charge in [0.25, 0.3) is 5.91 Å². The molecule has 0 spiro atoms. The Labute approximate surface area is 169 Å². The summed E-state index contributed by atoms with van der Waals surface area (Å²) in [5, 5.41) is 2.56. The monoisotopic (exact) mass is 418 g/mol. The maximum atomic E-state index is 12.4. The van der Waals surface area contributed by atoms with Crippen molar-refractivity contribution in [1.82, 2.24) is 4.72 Å². The Morgan fingerprint density at radius 3 is 2.41 bits per heavy atom. The number of ether oxygens (including phenoxy) is 1. The van der Waals surface area contributed by atoms with Crippen LogP contribution in [0.5, 0.6) is 0 Å². The Balaban J connectivity index is 2.11. The standard InChI is InChI=1S/C20H22N2O6S/c1-4-21-29(26,27)16-9-7-8-15(12-16)20(25)28-14(3)19(24)22-18-11-6-5-10-17(18)13(2)23/h5-12,14,21H,4H2,1-3H3,(H,22,24). The van der Waals surface area contributed by atoms with E-state index >= 15 is 0 Å². The van der Waals surface area contributed by atoms with Gasteiger partial charge in [-0.15, -0.1) is 0 Å². The van der Waals surface area contributed by atoms with Gasteiger partial charge >= 0.3 is 5.97 Å². The number of rotatable bonds is 8. The quantitative estimate of drug-likeness (QED) is 0.502. The van der Waals surface area contributed by atoms with E-state index in [2.05, 4.69) is 10.0 Å². The predicted molar refractivity (Wildman–Crippen MR) is 107 cm³/mol. The molecule has 2 aromatic rings. The summed E-state index contributed by atoms with van der Waals surface area (Å²) >= 11 is 0. The van der Waals surface area contributed by atoms with Gasteiger partial charge in [-0.3, -0.25) is 9.59 Å². The van der Waals surface area contributed by atoms with Crippen LogP contribution < -0.4 is 10.0 Å². The van der Waals surface area contributed by atoms with Crippen molar-refractivity contribution in [3.05, 3.63) is 59.7 Å². The summed E-state index contributed by atoms with van der Waals surface area (Å²) in [4.78, 5) is 36.3. The smallest absolute Gasteiger partial charge is 0.338 e. The van der Waals surface area contributed by atoms with E-state index < -0.39 is 28.0 Å². The molecule has 0 aliphatic rings. The molecule has 1 amide bonds. The lowest BCUT2D eigenvalue weighted by molar-refractivity contribution is -0.123. The van der Waals surface area contributed by atoms with Crippen LogP contribution in [0.25, 0.3) is 0 Å². The molecule has 2 N–H and O–H groups in total. The molecule has 29 heavy (non-hydrogen) atoms. The van der Waals surface area contributed by atoms with Crippen LogP contribution in [0.1, 0.15) is 41.5 Å². The molecule has 0 saturated heterocycles. The molecule has 1 atom stereocenters. The van der Waals surface area contributed by atoms with Crippen LogP contribution in [-0.4, -0.2) is 38.7 Å². The van der Waals surface area contributed by atoms with Crippen molar-refractivity contribution < 1.29 is 27.5 Å². The minimum absolute atomic E-state index is 0.00670. The summed E-state index contributed by atoms with van der Waals surface area (Å²) in [5.41, 5.74) is 0.639. The molecule has 0 fully saturated rings. The molecule has 0 aliphatic heterocycles. The number of ketones is 1. The molecular weight excluding hydrogens is 396 g/mol. The van der Waals surface area contributed by atoms with Gasteiger partial charge in [0.2, 0.25) is 10.0 Å². The Bertz CT molecular complexity index is 1030. The third kappa shape index (κ3) is 5.72. The van der Waals surface area contributed by atoms with Gasteiger partial charge in [-0.05, 0) is 44.2 Å². The van der Waals surface area contributed by atoms with Crippen molar-refractivity contribution in [2.45, 2.75) is 31.8 Å². The van der Waals surface area contributed by atoms with E-state index in [0.717, 1.165) is 0 Å². The fourth-order valence-electron chi connectivity index (χ4n) is 2.48. The summed E-state index contributed by atoms with van der Waals surface area (Å²) in [7, 11) is -3.73. The average molecular weight is 418 g/mol. The van der Waals surface area contributed by atoms with Gasteiger partial charge in [-0.2, -0.15) is 0 Å². The van der Waals surface area contributed by atoms with Crippen LogP contribution in [0, 0.1) is 0 Å². The predicted octanol–water partition coefficient (Wildman–Crippen LogP) is 2.37. The zero-order valence-electron chi connectivity index (χ0n) is 16.3. The molecule has 0 heterocycles. The highest BCUT2D eigenvalue weighted by Gasteiger charge is 2.22. The molecule has 0 saturated carbocycles. The number of benzene rings is 2. The van der Waals surface area contributed by atoms with Crippen LogP contribution in [0.15, 0.2) is 53.4 Å². The molecule has 0 aromatic heterocycles. The number of hydrogen-bond acceptors (Lipinski definition) is 6. The minimum atomic E-state index is -3.73. The van der Waals surface area contributed by atoms with Crippen LogP contribution >= 0.6 is 0 Å². The zero-order valence-corrected chi connectivity index (χ0v) is 17.1. The highest BCUT2D eigenvalue weighted by atomic mass is 32.2. The van der Waals surface area contributed by atoms with Crippen LogP contribution in [0.3, 0.4) is 0 Å². The fourth-order valence-corrected chi connectivity index (χ4v) is 3.57. The molecule has 0 bridgehead atoms. The molecule has 0 radical (unpaired) electrons. The lowest BCUT2D eigenvalue weighted by Gasteiger charge is -2.15. The van der Waals surface area contributed by atoms with Crippen LogP contribution in [0.2, 0.25) is 0 Å². The first-order chi connectivity index (χ1) is 13.7. The first-order valence-electron chi connectivity index (χ1n) is 8.87. The maximum Gasteiger partial charge on any atom is 0.338 e. The number of carbonyl (C=O) groups is 3. The molecule has 9 heteroatoms. The average Bonchev–Trinajstić information content (AvgIpc) is 2.68. The van der Waals surface area contributed by atoms with Gasteiger partial charge in [-0.25, -0.2) is 17.9 Å². The van der Waals surface area contributed by atoms with Crippen molar-refractivity contribution in [1.29, 1.82) is 0 Å². The SMILES string of the molecule is CCNS(=O)(=O)c1cccc(C(=O)OC(C)C(=O)Nc2ccccc2C(C)=O)c1. The van der Waals surface area contributed by atoms with Gasteiger partial charge in [0.15, 0.2) is 11.9 Å². The minimum Gasteiger partial charge on any atom is -0.449 e. The Kier molecular flexibility index (Phi) is 7.24. The maximum absolute atomic E-state index is 12.4. The first kappa shape index (κ1) is 22.3. The van der Waals surface area contributed by atoms with Crippen molar-refractivity contribution in [2.24, 2.45) is 0 Å².